The number of pyridine rings is 1. The highest BCUT2D eigenvalue weighted by molar-refractivity contribution is 8.00. The first-order valence-electron chi connectivity index (χ1n) is 6.49. The quantitative estimate of drug-likeness (QED) is 0.786. The Bertz CT molecular complexity index is 320. The molecule has 94 valence electrons. The van der Waals surface area contributed by atoms with E-state index in [1.807, 2.05) is 12.4 Å². The molecule has 0 spiro atoms. The van der Waals surface area contributed by atoms with Gasteiger partial charge in [0.15, 0.2) is 0 Å². The molecule has 0 atom stereocenters. The van der Waals surface area contributed by atoms with E-state index in [0.717, 1.165) is 13.0 Å². The van der Waals surface area contributed by atoms with Crippen LogP contribution >= 0.6 is 11.8 Å². The van der Waals surface area contributed by atoms with E-state index in [1.54, 1.807) is 0 Å². The van der Waals surface area contributed by atoms with Crippen molar-refractivity contribution in [1.29, 1.82) is 0 Å². The van der Waals surface area contributed by atoms with E-state index in [4.69, 9.17) is 0 Å². The van der Waals surface area contributed by atoms with Gasteiger partial charge in [0.25, 0.3) is 0 Å². The van der Waals surface area contributed by atoms with Crippen LogP contribution in [0.25, 0.3) is 0 Å². The summed E-state index contributed by atoms with van der Waals surface area (Å²) in [7, 11) is 0. The highest BCUT2D eigenvalue weighted by Crippen LogP contribution is 2.39. The molecule has 1 N–H and O–H groups in total. The van der Waals surface area contributed by atoms with Crippen molar-refractivity contribution in [3.63, 3.8) is 0 Å². The zero-order valence-electron chi connectivity index (χ0n) is 10.6. The van der Waals surface area contributed by atoms with Gasteiger partial charge in [0, 0.05) is 23.7 Å². The summed E-state index contributed by atoms with van der Waals surface area (Å²) in [5.41, 5.74) is 1.37. The van der Waals surface area contributed by atoms with Crippen LogP contribution in [-0.4, -0.2) is 29.1 Å². The van der Waals surface area contributed by atoms with Gasteiger partial charge in [-0.1, -0.05) is 12.8 Å². The minimum absolute atomic E-state index is 0.526. The number of hydrogen-bond donors (Lipinski definition) is 1. The van der Waals surface area contributed by atoms with Crippen LogP contribution in [0.1, 0.15) is 31.2 Å². The molecule has 2 nitrogen and oxygen atoms in total. The van der Waals surface area contributed by atoms with Crippen LogP contribution in [0, 0.1) is 0 Å². The highest BCUT2D eigenvalue weighted by Gasteiger charge is 2.32. The Morgan fingerprint density at radius 3 is 2.65 bits per heavy atom. The molecule has 1 fully saturated rings. The first-order valence-corrected chi connectivity index (χ1v) is 7.72. The van der Waals surface area contributed by atoms with Crippen molar-refractivity contribution in [3.8, 4) is 0 Å². The molecule has 2 rings (SSSR count). The van der Waals surface area contributed by atoms with Gasteiger partial charge < -0.3 is 5.32 Å². The number of aromatic nitrogens is 1. The van der Waals surface area contributed by atoms with E-state index in [2.05, 4.69) is 40.5 Å². The van der Waals surface area contributed by atoms with Crippen LogP contribution in [0.4, 0.5) is 0 Å². The first kappa shape index (κ1) is 12.9. The molecule has 3 heteroatoms. The summed E-state index contributed by atoms with van der Waals surface area (Å²) >= 11 is 2.05. The lowest BCUT2D eigenvalue weighted by atomic mass is 10.1. The predicted molar refractivity (Wildman–Crippen MR) is 75.5 cm³/mol. The van der Waals surface area contributed by atoms with E-state index in [0.29, 0.717) is 4.75 Å². The fourth-order valence-corrected chi connectivity index (χ4v) is 3.51. The summed E-state index contributed by atoms with van der Waals surface area (Å²) in [6.45, 7) is 2.24. The molecule has 1 aromatic rings. The van der Waals surface area contributed by atoms with Crippen molar-refractivity contribution in [2.75, 3.05) is 19.3 Å². The van der Waals surface area contributed by atoms with Crippen LogP contribution in [0.3, 0.4) is 0 Å². The van der Waals surface area contributed by atoms with Crippen molar-refractivity contribution >= 4 is 11.8 Å². The zero-order chi connectivity index (χ0) is 12.0. The molecule has 1 heterocycles. The lowest BCUT2D eigenvalue weighted by Crippen LogP contribution is -2.36. The maximum Gasteiger partial charge on any atom is 0.0281 e. The van der Waals surface area contributed by atoms with Crippen LogP contribution in [0.2, 0.25) is 0 Å². The fraction of sp³-hybridized carbons (Fsp3) is 0.643. The molecular formula is C14H22N2S. The minimum Gasteiger partial charge on any atom is -0.315 e. The summed E-state index contributed by atoms with van der Waals surface area (Å²) in [6.07, 6.45) is 12.7. The Balaban J connectivity index is 1.69. The normalized spacial score (nSPS) is 18.4. The van der Waals surface area contributed by atoms with Gasteiger partial charge in [-0.25, -0.2) is 0 Å². The van der Waals surface area contributed by atoms with Gasteiger partial charge in [0.1, 0.15) is 0 Å². The number of nitrogens with one attached hydrogen (secondary N) is 1. The van der Waals surface area contributed by atoms with Gasteiger partial charge in [-0.05, 0) is 49.8 Å². The molecule has 0 bridgehead atoms. The molecular weight excluding hydrogens is 228 g/mol. The van der Waals surface area contributed by atoms with Gasteiger partial charge in [0.2, 0.25) is 0 Å². The Labute approximate surface area is 109 Å². The van der Waals surface area contributed by atoms with Crippen LogP contribution < -0.4 is 5.32 Å². The van der Waals surface area contributed by atoms with Crippen LogP contribution in [-0.2, 0) is 6.42 Å². The van der Waals surface area contributed by atoms with Gasteiger partial charge in [-0.15, -0.1) is 0 Å². The van der Waals surface area contributed by atoms with E-state index >= 15 is 0 Å². The molecule has 0 unspecified atom stereocenters. The summed E-state index contributed by atoms with van der Waals surface area (Å²) in [6, 6.07) is 4.20. The summed E-state index contributed by atoms with van der Waals surface area (Å²) in [5, 5.41) is 3.63. The Kier molecular flexibility index (Phi) is 4.86. The van der Waals surface area contributed by atoms with Crippen molar-refractivity contribution in [1.82, 2.24) is 10.3 Å². The molecule has 0 saturated heterocycles. The SMILES string of the molecule is CSC1(CNCCc2ccncc2)CCCC1. The monoisotopic (exact) mass is 250 g/mol. The molecule has 1 aliphatic carbocycles. The third-order valence-corrected chi connectivity index (χ3v) is 5.15. The zero-order valence-corrected chi connectivity index (χ0v) is 11.4. The third kappa shape index (κ3) is 3.71. The molecule has 0 amide bonds. The largest absolute Gasteiger partial charge is 0.315 e. The first-order chi connectivity index (χ1) is 8.35. The number of nitrogens with zero attached hydrogens (tertiary/aromatic N) is 1. The second-order valence-electron chi connectivity index (χ2n) is 4.88. The van der Waals surface area contributed by atoms with Crippen molar-refractivity contribution < 1.29 is 0 Å². The summed E-state index contributed by atoms with van der Waals surface area (Å²) in [5.74, 6) is 0. The predicted octanol–water partition coefficient (Wildman–Crippen LogP) is 2.89. The number of hydrogen-bond acceptors (Lipinski definition) is 3. The topological polar surface area (TPSA) is 24.9 Å². The maximum absolute atomic E-state index is 4.04. The third-order valence-electron chi connectivity index (χ3n) is 3.73. The summed E-state index contributed by atoms with van der Waals surface area (Å²) in [4.78, 5) is 4.04. The molecule has 17 heavy (non-hydrogen) atoms. The molecule has 0 radical (unpaired) electrons. The van der Waals surface area contributed by atoms with Crippen molar-refractivity contribution in [2.24, 2.45) is 0 Å². The number of rotatable bonds is 6. The maximum atomic E-state index is 4.04. The average molecular weight is 250 g/mol. The lowest BCUT2D eigenvalue weighted by Gasteiger charge is -2.27. The molecule has 1 aromatic heterocycles. The average Bonchev–Trinajstić information content (AvgIpc) is 2.85. The Hall–Kier alpha value is -0.540. The second kappa shape index (κ2) is 6.41. The Morgan fingerprint density at radius 1 is 1.29 bits per heavy atom. The smallest absolute Gasteiger partial charge is 0.0281 e. The van der Waals surface area contributed by atoms with Gasteiger partial charge in [-0.3, -0.25) is 4.98 Å². The van der Waals surface area contributed by atoms with E-state index in [1.165, 1.54) is 37.8 Å². The van der Waals surface area contributed by atoms with Crippen LogP contribution in [0.15, 0.2) is 24.5 Å². The van der Waals surface area contributed by atoms with E-state index in [-0.39, 0.29) is 0 Å². The van der Waals surface area contributed by atoms with Crippen LogP contribution in [0.5, 0.6) is 0 Å². The van der Waals surface area contributed by atoms with E-state index < -0.39 is 0 Å². The minimum atomic E-state index is 0.526. The van der Waals surface area contributed by atoms with Gasteiger partial charge >= 0.3 is 0 Å². The summed E-state index contributed by atoms with van der Waals surface area (Å²) < 4.78 is 0.526. The molecule has 0 aromatic carbocycles. The molecule has 1 saturated carbocycles. The van der Waals surface area contributed by atoms with Gasteiger partial charge in [-0.2, -0.15) is 11.8 Å². The van der Waals surface area contributed by atoms with Crippen molar-refractivity contribution in [2.45, 2.75) is 36.9 Å². The fourth-order valence-electron chi connectivity index (χ4n) is 2.57. The molecule has 1 aliphatic rings. The van der Waals surface area contributed by atoms with Crippen molar-refractivity contribution in [3.05, 3.63) is 30.1 Å². The lowest BCUT2D eigenvalue weighted by molar-refractivity contribution is 0.536. The van der Waals surface area contributed by atoms with Gasteiger partial charge in [0.05, 0.1) is 0 Å². The molecule has 0 aliphatic heterocycles. The highest BCUT2D eigenvalue weighted by atomic mass is 32.2. The Morgan fingerprint density at radius 2 is 2.00 bits per heavy atom. The second-order valence-corrected chi connectivity index (χ2v) is 6.15. The standard InChI is InChI=1S/C14H22N2S/c1-17-14(7-2-3-8-14)12-16-11-6-13-4-9-15-10-5-13/h4-5,9-10,16H,2-3,6-8,11-12H2,1H3. The van der Waals surface area contributed by atoms with E-state index in [9.17, 15) is 0 Å². The number of thioether (sulfide) groups is 1.